The number of aromatic hydroxyl groups is 1. The molecule has 3 rings (SSSR count). The van der Waals surface area contributed by atoms with Gasteiger partial charge in [0.15, 0.2) is 0 Å². The predicted molar refractivity (Wildman–Crippen MR) is 82.0 cm³/mol. The lowest BCUT2D eigenvalue weighted by atomic mass is 9.87. The quantitative estimate of drug-likeness (QED) is 0.852. The van der Waals surface area contributed by atoms with Gasteiger partial charge in [-0.3, -0.25) is 9.69 Å². The van der Waals surface area contributed by atoms with Gasteiger partial charge in [0.05, 0.1) is 12.7 Å². The maximum Gasteiger partial charge on any atom is 0.338 e. The Morgan fingerprint density at radius 2 is 2.09 bits per heavy atom. The lowest BCUT2D eigenvalue weighted by Crippen LogP contribution is -2.53. The number of nitrogens with zero attached hydrogens (tertiary/aromatic N) is 1. The number of ether oxygens (including phenoxy) is 2. The number of piperidine rings is 1. The molecule has 0 aliphatic carbocycles. The van der Waals surface area contributed by atoms with Crippen molar-refractivity contribution in [1.82, 2.24) is 4.90 Å². The van der Waals surface area contributed by atoms with Gasteiger partial charge in [0.2, 0.25) is 0 Å². The summed E-state index contributed by atoms with van der Waals surface area (Å²) in [5.74, 6) is -1.32. The van der Waals surface area contributed by atoms with Crippen LogP contribution in [-0.2, 0) is 14.3 Å². The van der Waals surface area contributed by atoms with Gasteiger partial charge in [0.25, 0.3) is 0 Å². The van der Waals surface area contributed by atoms with Crippen molar-refractivity contribution in [3.8, 4) is 5.75 Å². The highest BCUT2D eigenvalue weighted by atomic mass is 16.6. The first-order chi connectivity index (χ1) is 11.0. The number of esters is 2. The van der Waals surface area contributed by atoms with Gasteiger partial charge < -0.3 is 14.6 Å². The minimum absolute atomic E-state index is 0.00687. The van der Waals surface area contributed by atoms with Crippen LogP contribution in [0, 0.1) is 5.92 Å². The molecule has 2 unspecified atom stereocenters. The summed E-state index contributed by atoms with van der Waals surface area (Å²) in [6.07, 6.45) is 2.03. The van der Waals surface area contributed by atoms with E-state index in [1.54, 1.807) is 12.1 Å². The Bertz CT molecular complexity index is 617. The molecular weight excluding hydrogens is 298 g/mol. The molecule has 6 heteroatoms. The van der Waals surface area contributed by atoms with E-state index in [2.05, 4.69) is 4.90 Å². The van der Waals surface area contributed by atoms with E-state index in [0.717, 1.165) is 12.8 Å². The van der Waals surface area contributed by atoms with Crippen LogP contribution in [0.1, 0.15) is 29.6 Å². The third-order valence-corrected chi connectivity index (χ3v) is 5.03. The third-order valence-electron chi connectivity index (χ3n) is 5.03. The molecule has 2 aliphatic rings. The second kappa shape index (κ2) is 6.20. The first kappa shape index (κ1) is 15.8. The lowest BCUT2D eigenvalue weighted by molar-refractivity contribution is -0.156. The number of fused-ring (bicyclic) bond motifs is 2. The summed E-state index contributed by atoms with van der Waals surface area (Å²) in [5, 5.41) is 9.49. The topological polar surface area (TPSA) is 76.1 Å². The van der Waals surface area contributed by atoms with E-state index in [0.29, 0.717) is 12.5 Å². The summed E-state index contributed by atoms with van der Waals surface area (Å²) in [6, 6.07) is 6.38. The second-order valence-corrected chi connectivity index (χ2v) is 6.24. The van der Waals surface area contributed by atoms with Gasteiger partial charge >= 0.3 is 11.9 Å². The largest absolute Gasteiger partial charge is 0.508 e. The van der Waals surface area contributed by atoms with Crippen molar-refractivity contribution in [2.24, 2.45) is 5.92 Å². The average Bonchev–Trinajstić information content (AvgIpc) is 2.78. The first-order valence-electron chi connectivity index (χ1n) is 7.81. The van der Waals surface area contributed by atoms with E-state index < -0.39 is 18.0 Å². The van der Waals surface area contributed by atoms with Crippen LogP contribution in [0.5, 0.6) is 5.75 Å². The van der Waals surface area contributed by atoms with Crippen LogP contribution in [0.3, 0.4) is 0 Å². The summed E-state index contributed by atoms with van der Waals surface area (Å²) in [5.41, 5.74) is 0.278. The highest BCUT2D eigenvalue weighted by Crippen LogP contribution is 2.40. The molecule has 0 spiro atoms. The van der Waals surface area contributed by atoms with Gasteiger partial charge in [-0.15, -0.1) is 0 Å². The highest BCUT2D eigenvalue weighted by molar-refractivity contribution is 5.90. The van der Waals surface area contributed by atoms with Crippen molar-refractivity contribution in [1.29, 1.82) is 0 Å². The summed E-state index contributed by atoms with van der Waals surface area (Å²) < 4.78 is 10.5. The minimum Gasteiger partial charge on any atom is -0.508 e. The molecule has 2 heterocycles. The van der Waals surface area contributed by atoms with Crippen molar-refractivity contribution in [2.45, 2.75) is 37.5 Å². The molecule has 2 bridgehead atoms. The van der Waals surface area contributed by atoms with E-state index in [1.165, 1.54) is 19.2 Å². The molecular formula is C17H21NO5. The molecule has 1 N–H and O–H groups in total. The zero-order valence-corrected chi connectivity index (χ0v) is 13.3. The van der Waals surface area contributed by atoms with Crippen molar-refractivity contribution in [2.75, 3.05) is 14.2 Å². The number of phenolic OH excluding ortho intramolecular Hbond substituents is 1. The maximum atomic E-state index is 12.3. The Labute approximate surface area is 135 Å². The molecule has 0 amide bonds. The number of carbonyl (C=O) groups excluding carboxylic acids is 2. The number of phenols is 1. The summed E-state index contributed by atoms with van der Waals surface area (Å²) in [4.78, 5) is 26.7. The maximum absolute atomic E-state index is 12.3. The van der Waals surface area contributed by atoms with Gasteiger partial charge in [-0.25, -0.2) is 4.79 Å². The van der Waals surface area contributed by atoms with Crippen LogP contribution in [0.25, 0.3) is 0 Å². The van der Waals surface area contributed by atoms with Crippen molar-refractivity contribution < 1.29 is 24.2 Å². The fraction of sp³-hybridized carbons (Fsp3) is 0.529. The van der Waals surface area contributed by atoms with Gasteiger partial charge in [0, 0.05) is 18.5 Å². The van der Waals surface area contributed by atoms with Gasteiger partial charge in [0.1, 0.15) is 17.8 Å². The fourth-order valence-corrected chi connectivity index (χ4v) is 3.83. The van der Waals surface area contributed by atoms with Gasteiger partial charge in [-0.05, 0) is 38.1 Å². The Balaban J connectivity index is 1.80. The number of hydrogen-bond donors (Lipinski definition) is 1. The highest BCUT2D eigenvalue weighted by Gasteiger charge is 2.50. The Kier molecular flexibility index (Phi) is 4.26. The molecule has 0 aromatic heterocycles. The molecule has 23 heavy (non-hydrogen) atoms. The molecule has 2 aliphatic heterocycles. The fourth-order valence-electron chi connectivity index (χ4n) is 3.83. The zero-order chi connectivity index (χ0) is 16.6. The zero-order valence-electron chi connectivity index (χ0n) is 13.3. The van der Waals surface area contributed by atoms with E-state index in [-0.39, 0.29) is 23.3 Å². The van der Waals surface area contributed by atoms with E-state index in [9.17, 15) is 14.7 Å². The van der Waals surface area contributed by atoms with E-state index in [4.69, 9.17) is 9.47 Å². The standard InChI is InChI=1S/C17H21NO5/c1-18-11-6-7-13(18)15(17(21)22-2)14(9-11)23-16(20)10-4-3-5-12(19)8-10/h3-5,8,11,13-15,19H,6-7,9H2,1-2H3/t11?,13?,14-,15+/m0/s1. The van der Waals surface area contributed by atoms with Gasteiger partial charge in [-0.1, -0.05) is 6.07 Å². The van der Waals surface area contributed by atoms with E-state index in [1.807, 2.05) is 7.05 Å². The molecule has 1 aromatic rings. The molecule has 0 radical (unpaired) electrons. The number of hydrogen-bond acceptors (Lipinski definition) is 6. The molecule has 0 saturated carbocycles. The minimum atomic E-state index is -0.524. The Morgan fingerprint density at radius 3 is 2.78 bits per heavy atom. The third kappa shape index (κ3) is 2.91. The number of methoxy groups -OCH3 is 1. The van der Waals surface area contributed by atoms with Crippen LogP contribution in [0.15, 0.2) is 24.3 Å². The lowest BCUT2D eigenvalue weighted by Gasteiger charge is -2.40. The smallest absolute Gasteiger partial charge is 0.338 e. The SMILES string of the molecule is COC(=O)[C@@H]1C2CCC(C[C@@H]1OC(=O)c1cccc(O)c1)N2C. The average molecular weight is 319 g/mol. The van der Waals surface area contributed by atoms with Crippen LogP contribution >= 0.6 is 0 Å². The number of rotatable bonds is 3. The van der Waals surface area contributed by atoms with Crippen LogP contribution in [0.2, 0.25) is 0 Å². The molecule has 6 nitrogen and oxygen atoms in total. The van der Waals surface area contributed by atoms with Crippen LogP contribution in [-0.4, -0.2) is 54.3 Å². The van der Waals surface area contributed by atoms with Crippen molar-refractivity contribution in [3.05, 3.63) is 29.8 Å². The monoisotopic (exact) mass is 319 g/mol. The number of carbonyl (C=O) groups is 2. The molecule has 2 saturated heterocycles. The normalized spacial score (nSPS) is 30.0. The van der Waals surface area contributed by atoms with Crippen LogP contribution < -0.4 is 0 Å². The molecule has 1 aromatic carbocycles. The number of benzene rings is 1. The molecule has 2 fully saturated rings. The summed E-state index contributed by atoms with van der Waals surface area (Å²) >= 11 is 0. The van der Waals surface area contributed by atoms with Crippen molar-refractivity contribution >= 4 is 11.9 Å². The Morgan fingerprint density at radius 1 is 1.30 bits per heavy atom. The summed E-state index contributed by atoms with van der Waals surface area (Å²) in [7, 11) is 3.36. The van der Waals surface area contributed by atoms with E-state index >= 15 is 0 Å². The molecule has 124 valence electrons. The van der Waals surface area contributed by atoms with Crippen LogP contribution in [0.4, 0.5) is 0 Å². The van der Waals surface area contributed by atoms with Crippen molar-refractivity contribution in [3.63, 3.8) is 0 Å². The second-order valence-electron chi connectivity index (χ2n) is 6.24. The first-order valence-corrected chi connectivity index (χ1v) is 7.81. The Hall–Kier alpha value is -2.08. The predicted octanol–water partition coefficient (Wildman–Crippen LogP) is 1.57. The summed E-state index contributed by atoms with van der Waals surface area (Å²) in [6.45, 7) is 0. The van der Waals surface area contributed by atoms with Gasteiger partial charge in [-0.2, -0.15) is 0 Å². The molecule has 4 atom stereocenters.